The Bertz CT molecular complexity index is 1740. The van der Waals surface area contributed by atoms with Crippen LogP contribution in [0.4, 0.5) is 26.3 Å². The molecule has 2 aromatic heterocycles. The monoisotopic (exact) mass is 621 g/mol. The molecule has 0 unspecified atom stereocenters. The Morgan fingerprint density at radius 3 is 2.48 bits per heavy atom. The second-order valence-corrected chi connectivity index (χ2v) is 10.1. The fourth-order valence-corrected chi connectivity index (χ4v) is 5.18. The lowest BCUT2D eigenvalue weighted by Crippen LogP contribution is -2.25. The largest absolute Gasteiger partial charge is 0.586 e. The number of ether oxygens (including phenoxy) is 4. The van der Waals surface area contributed by atoms with Gasteiger partial charge < -0.3 is 24.1 Å². The summed E-state index contributed by atoms with van der Waals surface area (Å²) in [6.45, 7) is 1.43. The number of carboxylic acid groups (broad SMARTS) is 1. The van der Waals surface area contributed by atoms with Crippen molar-refractivity contribution in [2.24, 2.45) is 0 Å². The minimum Gasteiger partial charge on any atom is -0.484 e. The predicted octanol–water partition coefficient (Wildman–Crippen LogP) is 7.04. The van der Waals surface area contributed by atoms with E-state index in [1.54, 1.807) is 0 Å². The highest BCUT2D eigenvalue weighted by Crippen LogP contribution is 2.44. The van der Waals surface area contributed by atoms with Crippen LogP contribution >= 0.6 is 0 Å². The number of nitrogens with zero attached hydrogens (tertiary/aromatic N) is 3. The third kappa shape index (κ3) is 5.56. The normalized spacial score (nSPS) is 17.6. The lowest BCUT2D eigenvalue weighted by molar-refractivity contribution is -0.286. The summed E-state index contributed by atoms with van der Waals surface area (Å²) < 4.78 is 105. The van der Waals surface area contributed by atoms with Crippen molar-refractivity contribution in [2.75, 3.05) is 0 Å². The summed E-state index contributed by atoms with van der Waals surface area (Å²) in [6.07, 6.45) is -7.34. The van der Waals surface area contributed by atoms with Crippen molar-refractivity contribution >= 4 is 5.97 Å². The zero-order valence-corrected chi connectivity index (χ0v) is 22.6. The zero-order chi connectivity index (χ0) is 31.4. The average molecular weight is 621 g/mol. The highest BCUT2D eigenvalue weighted by molar-refractivity contribution is 5.87. The summed E-state index contributed by atoms with van der Waals surface area (Å²) in [4.78, 5) is 15.3. The van der Waals surface area contributed by atoms with E-state index in [2.05, 4.69) is 19.6 Å². The van der Waals surface area contributed by atoms with Gasteiger partial charge in [0.2, 0.25) is 0 Å². The molecule has 3 heterocycles. The van der Waals surface area contributed by atoms with E-state index in [4.69, 9.17) is 14.6 Å². The maximum atomic E-state index is 14.7. The van der Waals surface area contributed by atoms with E-state index in [-0.39, 0.29) is 51.7 Å². The minimum absolute atomic E-state index is 0.0155. The molecule has 4 aromatic rings. The molecule has 1 aliphatic heterocycles. The van der Waals surface area contributed by atoms with Crippen molar-refractivity contribution in [3.05, 3.63) is 88.8 Å². The van der Waals surface area contributed by atoms with Gasteiger partial charge in [-0.1, -0.05) is 0 Å². The quantitative estimate of drug-likeness (QED) is 0.219. The number of halogens is 6. The standard InChI is InChI=1S/C29H21F6N3O6/c1-14(20-10-23-24(11-21(20)30)44-29(34,35)43-23)41-18-9-16(12-36-13-18)38-25-19(26(37-38)28(31,32)33)3-2-4-22(25)42-17-7-5-15(6-8-17)27(39)40/h5-14,22H,2-4H2,1H3,(H,39,40)/t14-,22-/m0/s1. The first-order valence-electron chi connectivity index (χ1n) is 13.2. The number of benzene rings is 2. The van der Waals surface area contributed by atoms with Crippen LogP contribution in [0.5, 0.6) is 23.0 Å². The van der Waals surface area contributed by atoms with Gasteiger partial charge in [0.05, 0.1) is 29.3 Å². The van der Waals surface area contributed by atoms with Gasteiger partial charge in [-0.15, -0.1) is 8.78 Å². The summed E-state index contributed by atoms with van der Waals surface area (Å²) in [5.41, 5.74) is -1.03. The van der Waals surface area contributed by atoms with Gasteiger partial charge in [0.25, 0.3) is 0 Å². The maximum Gasteiger partial charge on any atom is 0.586 e. The fraction of sp³-hybridized carbons (Fsp3) is 0.276. The summed E-state index contributed by atoms with van der Waals surface area (Å²) >= 11 is 0. The van der Waals surface area contributed by atoms with Gasteiger partial charge >= 0.3 is 18.4 Å². The van der Waals surface area contributed by atoms with Gasteiger partial charge in [-0.2, -0.15) is 18.3 Å². The molecule has 1 N–H and O–H groups in total. The maximum absolute atomic E-state index is 14.7. The molecule has 2 aliphatic rings. The molecule has 1 aliphatic carbocycles. The average Bonchev–Trinajstić information content (AvgIpc) is 3.50. The summed E-state index contributed by atoms with van der Waals surface area (Å²) in [5.74, 6) is -2.65. The van der Waals surface area contributed by atoms with Gasteiger partial charge in [0, 0.05) is 23.3 Å². The van der Waals surface area contributed by atoms with E-state index in [0.29, 0.717) is 12.8 Å². The Labute approximate surface area is 244 Å². The van der Waals surface area contributed by atoms with Crippen LogP contribution in [-0.4, -0.2) is 32.1 Å². The first kappa shape index (κ1) is 29.1. The third-order valence-electron chi connectivity index (χ3n) is 7.08. The zero-order valence-electron chi connectivity index (χ0n) is 22.6. The Morgan fingerprint density at radius 2 is 1.80 bits per heavy atom. The number of carbonyl (C=O) groups is 1. The Balaban J connectivity index is 1.32. The molecule has 0 radical (unpaired) electrons. The second-order valence-electron chi connectivity index (χ2n) is 10.1. The molecule has 0 amide bonds. The van der Waals surface area contributed by atoms with Crippen LogP contribution in [0, 0.1) is 5.82 Å². The van der Waals surface area contributed by atoms with Crippen LogP contribution in [0.15, 0.2) is 54.9 Å². The smallest absolute Gasteiger partial charge is 0.484 e. The molecular weight excluding hydrogens is 600 g/mol. The van der Waals surface area contributed by atoms with Crippen LogP contribution in [-0.2, 0) is 12.6 Å². The highest BCUT2D eigenvalue weighted by atomic mass is 19.4. The lowest BCUT2D eigenvalue weighted by atomic mass is 9.93. The predicted molar refractivity (Wildman–Crippen MR) is 138 cm³/mol. The molecule has 0 fully saturated rings. The number of hydrogen-bond acceptors (Lipinski definition) is 7. The van der Waals surface area contributed by atoms with Crippen LogP contribution < -0.4 is 18.9 Å². The molecule has 0 saturated carbocycles. The molecule has 9 nitrogen and oxygen atoms in total. The summed E-state index contributed by atoms with van der Waals surface area (Å²) in [6, 6.07) is 8.57. The van der Waals surface area contributed by atoms with E-state index < -0.39 is 47.9 Å². The van der Waals surface area contributed by atoms with E-state index in [9.17, 15) is 31.1 Å². The van der Waals surface area contributed by atoms with Crippen molar-refractivity contribution in [3.63, 3.8) is 0 Å². The van der Waals surface area contributed by atoms with Crippen molar-refractivity contribution in [3.8, 4) is 28.7 Å². The van der Waals surface area contributed by atoms with E-state index in [1.807, 2.05) is 0 Å². The van der Waals surface area contributed by atoms with Gasteiger partial charge in [-0.25, -0.2) is 13.9 Å². The number of alkyl halides is 5. The molecule has 15 heteroatoms. The number of rotatable bonds is 7. The number of aromatic nitrogens is 3. The molecule has 44 heavy (non-hydrogen) atoms. The number of pyridine rings is 1. The molecule has 2 atom stereocenters. The molecule has 2 aromatic carbocycles. The summed E-state index contributed by atoms with van der Waals surface area (Å²) in [7, 11) is 0. The van der Waals surface area contributed by atoms with Crippen LogP contribution in [0.2, 0.25) is 0 Å². The van der Waals surface area contributed by atoms with Crippen molar-refractivity contribution in [1.82, 2.24) is 14.8 Å². The topological polar surface area (TPSA) is 105 Å². The molecular formula is C29H21F6N3O6. The molecule has 0 saturated heterocycles. The number of fused-ring (bicyclic) bond motifs is 2. The molecule has 0 bridgehead atoms. The Hall–Kier alpha value is -4.95. The lowest BCUT2D eigenvalue weighted by Gasteiger charge is -2.26. The molecule has 6 rings (SSSR count). The highest BCUT2D eigenvalue weighted by Gasteiger charge is 2.45. The first-order chi connectivity index (χ1) is 20.8. The SMILES string of the molecule is C[C@H](Oc1cncc(-n2nc(C(F)(F)F)c3c2[C@@H](Oc2ccc(C(=O)O)cc2)CCC3)c1)c1cc2c(cc1F)OC(F)(F)O2. The van der Waals surface area contributed by atoms with E-state index in [1.165, 1.54) is 49.6 Å². The number of aromatic carboxylic acids is 1. The van der Waals surface area contributed by atoms with Crippen LogP contribution in [0.25, 0.3) is 5.69 Å². The summed E-state index contributed by atoms with van der Waals surface area (Å²) in [5, 5.41) is 13.0. The molecule has 0 spiro atoms. The Morgan fingerprint density at radius 1 is 1.09 bits per heavy atom. The van der Waals surface area contributed by atoms with Gasteiger partial charge in [-0.3, -0.25) is 4.98 Å². The van der Waals surface area contributed by atoms with Gasteiger partial charge in [0.1, 0.15) is 29.5 Å². The van der Waals surface area contributed by atoms with Crippen molar-refractivity contribution < 1.29 is 55.2 Å². The van der Waals surface area contributed by atoms with Gasteiger partial charge in [0.15, 0.2) is 17.2 Å². The van der Waals surface area contributed by atoms with Crippen molar-refractivity contribution in [2.45, 2.75) is 50.9 Å². The van der Waals surface area contributed by atoms with Crippen molar-refractivity contribution in [1.29, 1.82) is 0 Å². The second kappa shape index (κ2) is 10.6. The fourth-order valence-electron chi connectivity index (χ4n) is 5.18. The minimum atomic E-state index is -4.77. The first-order valence-corrected chi connectivity index (χ1v) is 13.2. The number of hydrogen-bond donors (Lipinski definition) is 1. The number of carboxylic acids is 1. The third-order valence-corrected chi connectivity index (χ3v) is 7.08. The van der Waals surface area contributed by atoms with E-state index >= 15 is 0 Å². The Kier molecular flexibility index (Phi) is 7.05. The van der Waals surface area contributed by atoms with Gasteiger partial charge in [-0.05, 0) is 56.5 Å². The van der Waals surface area contributed by atoms with Crippen LogP contribution in [0.1, 0.15) is 64.8 Å². The molecule has 230 valence electrons. The van der Waals surface area contributed by atoms with E-state index in [0.717, 1.165) is 16.8 Å². The van der Waals surface area contributed by atoms with Crippen LogP contribution in [0.3, 0.4) is 0 Å².